The van der Waals surface area contributed by atoms with Crippen LogP contribution in [0.5, 0.6) is 5.75 Å². The normalized spacial score (nSPS) is 11.1. The summed E-state index contributed by atoms with van der Waals surface area (Å²) >= 11 is 0. The van der Waals surface area contributed by atoms with Gasteiger partial charge >= 0.3 is 5.63 Å². The predicted molar refractivity (Wildman–Crippen MR) is 114 cm³/mol. The molecule has 0 aliphatic carbocycles. The van der Waals surface area contributed by atoms with Crippen molar-refractivity contribution in [3.05, 3.63) is 69.7 Å². The second-order valence-corrected chi connectivity index (χ2v) is 7.09. The SMILES string of the molecule is COc1ccc2c(C)c(CCC(=O)Nc3ccc4cc[nH]c4c3)c(=O)oc2c1C. The van der Waals surface area contributed by atoms with Gasteiger partial charge in [0.1, 0.15) is 11.3 Å². The zero-order chi connectivity index (χ0) is 20.5. The standard InChI is InChI=1S/C23H22N2O4/c1-13-17-6-8-20(28-3)14(2)22(17)29-23(27)18(13)7-9-21(26)25-16-5-4-15-10-11-24-19(15)12-16/h4-6,8,10-12,24H,7,9H2,1-3H3,(H,25,26). The van der Waals surface area contributed by atoms with Crippen molar-refractivity contribution < 1.29 is 13.9 Å². The molecule has 0 aliphatic rings. The summed E-state index contributed by atoms with van der Waals surface area (Å²) in [6.45, 7) is 3.75. The Morgan fingerprint density at radius 3 is 2.76 bits per heavy atom. The van der Waals surface area contributed by atoms with Gasteiger partial charge in [0.15, 0.2) is 0 Å². The van der Waals surface area contributed by atoms with Gasteiger partial charge in [0, 0.05) is 40.3 Å². The molecule has 0 bridgehead atoms. The highest BCUT2D eigenvalue weighted by atomic mass is 16.5. The number of benzene rings is 2. The van der Waals surface area contributed by atoms with Gasteiger partial charge in [-0.25, -0.2) is 4.79 Å². The van der Waals surface area contributed by atoms with Gasteiger partial charge in [0.25, 0.3) is 0 Å². The number of methoxy groups -OCH3 is 1. The van der Waals surface area contributed by atoms with Crippen molar-refractivity contribution >= 4 is 33.5 Å². The summed E-state index contributed by atoms with van der Waals surface area (Å²) in [5.74, 6) is 0.520. The number of hydrogen-bond donors (Lipinski definition) is 2. The molecule has 2 heterocycles. The van der Waals surface area contributed by atoms with Gasteiger partial charge in [0.05, 0.1) is 7.11 Å². The van der Waals surface area contributed by atoms with Crippen molar-refractivity contribution in [3.63, 3.8) is 0 Å². The maximum Gasteiger partial charge on any atom is 0.339 e. The van der Waals surface area contributed by atoms with E-state index in [0.29, 0.717) is 23.3 Å². The van der Waals surface area contributed by atoms with Gasteiger partial charge in [-0.15, -0.1) is 0 Å². The van der Waals surface area contributed by atoms with Gasteiger partial charge in [0.2, 0.25) is 5.91 Å². The third kappa shape index (κ3) is 3.49. The number of aryl methyl sites for hydroxylation is 2. The number of aromatic nitrogens is 1. The zero-order valence-corrected chi connectivity index (χ0v) is 16.6. The highest BCUT2D eigenvalue weighted by Gasteiger charge is 2.16. The summed E-state index contributed by atoms with van der Waals surface area (Å²) in [5.41, 5.74) is 3.94. The molecule has 6 nitrogen and oxygen atoms in total. The molecule has 0 radical (unpaired) electrons. The Morgan fingerprint density at radius 1 is 1.14 bits per heavy atom. The molecule has 2 aromatic carbocycles. The average Bonchev–Trinajstić information content (AvgIpc) is 3.16. The molecule has 6 heteroatoms. The van der Waals surface area contributed by atoms with E-state index >= 15 is 0 Å². The summed E-state index contributed by atoms with van der Waals surface area (Å²) in [5, 5.41) is 4.83. The highest BCUT2D eigenvalue weighted by molar-refractivity contribution is 5.94. The summed E-state index contributed by atoms with van der Waals surface area (Å²) in [7, 11) is 1.58. The maximum atomic E-state index is 12.6. The van der Waals surface area contributed by atoms with Crippen molar-refractivity contribution in [1.29, 1.82) is 0 Å². The van der Waals surface area contributed by atoms with Crippen LogP contribution in [-0.2, 0) is 11.2 Å². The third-order valence-electron chi connectivity index (χ3n) is 5.31. The number of H-pyrrole nitrogens is 1. The first-order valence-corrected chi connectivity index (χ1v) is 9.45. The lowest BCUT2D eigenvalue weighted by atomic mass is 10.00. The summed E-state index contributed by atoms with van der Waals surface area (Å²) < 4.78 is 10.9. The molecule has 0 aliphatic heterocycles. The fourth-order valence-corrected chi connectivity index (χ4v) is 3.67. The highest BCUT2D eigenvalue weighted by Crippen LogP contribution is 2.29. The van der Waals surface area contributed by atoms with E-state index in [-0.39, 0.29) is 12.3 Å². The molecule has 1 amide bonds. The van der Waals surface area contributed by atoms with Gasteiger partial charge in [-0.05, 0) is 61.5 Å². The number of rotatable bonds is 5. The van der Waals surface area contributed by atoms with Crippen LogP contribution in [0.4, 0.5) is 5.69 Å². The van der Waals surface area contributed by atoms with E-state index in [2.05, 4.69) is 10.3 Å². The predicted octanol–water partition coefficient (Wildman–Crippen LogP) is 4.47. The molecule has 0 saturated heterocycles. The monoisotopic (exact) mass is 390 g/mol. The van der Waals surface area contributed by atoms with Crippen LogP contribution in [0.3, 0.4) is 0 Å². The molecule has 148 valence electrons. The molecule has 29 heavy (non-hydrogen) atoms. The van der Waals surface area contributed by atoms with E-state index in [9.17, 15) is 9.59 Å². The lowest BCUT2D eigenvalue weighted by Gasteiger charge is -2.11. The third-order valence-corrected chi connectivity index (χ3v) is 5.31. The fraction of sp³-hybridized carbons (Fsp3) is 0.217. The smallest absolute Gasteiger partial charge is 0.339 e. The van der Waals surface area contributed by atoms with Crippen LogP contribution in [0.15, 0.2) is 51.8 Å². The van der Waals surface area contributed by atoms with Crippen LogP contribution < -0.4 is 15.7 Å². The van der Waals surface area contributed by atoms with Crippen LogP contribution in [0.25, 0.3) is 21.9 Å². The minimum atomic E-state index is -0.410. The number of hydrogen-bond acceptors (Lipinski definition) is 4. The molecule has 0 atom stereocenters. The summed E-state index contributed by atoms with van der Waals surface area (Å²) in [4.78, 5) is 28.1. The van der Waals surface area contributed by atoms with Crippen LogP contribution in [0, 0.1) is 13.8 Å². The van der Waals surface area contributed by atoms with E-state index in [1.54, 1.807) is 7.11 Å². The summed E-state index contributed by atoms with van der Waals surface area (Å²) in [6.07, 6.45) is 2.36. The van der Waals surface area contributed by atoms with E-state index in [4.69, 9.17) is 9.15 Å². The van der Waals surface area contributed by atoms with Gasteiger partial charge in [-0.3, -0.25) is 4.79 Å². The van der Waals surface area contributed by atoms with Crippen molar-refractivity contribution in [2.45, 2.75) is 26.7 Å². The van der Waals surface area contributed by atoms with Crippen molar-refractivity contribution in [1.82, 2.24) is 4.98 Å². The van der Waals surface area contributed by atoms with E-state index in [1.807, 2.05) is 56.4 Å². The van der Waals surface area contributed by atoms with Gasteiger partial charge in [-0.2, -0.15) is 0 Å². The molecule has 2 N–H and O–H groups in total. The van der Waals surface area contributed by atoms with E-state index in [0.717, 1.165) is 33.1 Å². The van der Waals surface area contributed by atoms with Crippen LogP contribution in [0.1, 0.15) is 23.1 Å². The topological polar surface area (TPSA) is 84.3 Å². The van der Waals surface area contributed by atoms with Crippen molar-refractivity contribution in [2.24, 2.45) is 0 Å². The zero-order valence-electron chi connectivity index (χ0n) is 16.6. The number of fused-ring (bicyclic) bond motifs is 2. The second kappa shape index (κ2) is 7.47. The number of amides is 1. The number of anilines is 1. The molecule has 2 aromatic heterocycles. The number of carbonyl (C=O) groups is 1. The molecule has 0 saturated carbocycles. The van der Waals surface area contributed by atoms with E-state index in [1.165, 1.54) is 0 Å². The maximum absolute atomic E-state index is 12.6. The Balaban J connectivity index is 1.54. The average molecular weight is 390 g/mol. The second-order valence-electron chi connectivity index (χ2n) is 7.09. The minimum absolute atomic E-state index is 0.152. The lowest BCUT2D eigenvalue weighted by Crippen LogP contribution is -2.16. The molecular weight excluding hydrogens is 368 g/mol. The van der Waals surface area contributed by atoms with Gasteiger partial charge < -0.3 is 19.5 Å². The van der Waals surface area contributed by atoms with E-state index < -0.39 is 5.63 Å². The Kier molecular flexibility index (Phi) is 4.84. The van der Waals surface area contributed by atoms with Crippen LogP contribution >= 0.6 is 0 Å². The first-order chi connectivity index (χ1) is 14.0. The Morgan fingerprint density at radius 2 is 1.97 bits per heavy atom. The quantitative estimate of drug-likeness (QED) is 0.493. The van der Waals surface area contributed by atoms with Crippen LogP contribution in [0.2, 0.25) is 0 Å². The Labute approximate surface area is 167 Å². The first kappa shape index (κ1) is 18.8. The molecule has 4 rings (SSSR count). The lowest BCUT2D eigenvalue weighted by molar-refractivity contribution is -0.116. The molecule has 0 spiro atoms. The largest absolute Gasteiger partial charge is 0.496 e. The number of nitrogens with one attached hydrogen (secondary N) is 2. The summed E-state index contributed by atoms with van der Waals surface area (Å²) in [6, 6.07) is 11.4. The number of ether oxygens (including phenoxy) is 1. The minimum Gasteiger partial charge on any atom is -0.496 e. The van der Waals surface area contributed by atoms with Crippen molar-refractivity contribution in [2.75, 3.05) is 12.4 Å². The number of aromatic amines is 1. The Hall–Kier alpha value is -3.54. The first-order valence-electron chi connectivity index (χ1n) is 9.45. The molecule has 0 fully saturated rings. The molecule has 4 aromatic rings. The molecular formula is C23H22N2O4. The molecule has 0 unspecified atom stereocenters. The van der Waals surface area contributed by atoms with Crippen LogP contribution in [-0.4, -0.2) is 18.0 Å². The van der Waals surface area contributed by atoms with Crippen molar-refractivity contribution in [3.8, 4) is 5.75 Å². The number of carbonyl (C=O) groups excluding carboxylic acids is 1. The Bertz CT molecular complexity index is 1280. The van der Waals surface area contributed by atoms with Gasteiger partial charge in [-0.1, -0.05) is 6.07 Å². The fourth-order valence-electron chi connectivity index (χ4n) is 3.67.